The van der Waals surface area contributed by atoms with Crippen molar-refractivity contribution in [3.05, 3.63) is 29.3 Å². The highest BCUT2D eigenvalue weighted by Gasteiger charge is 2.61. The normalized spacial score (nSPS) is 33.4. The minimum atomic E-state index is -0.472. The van der Waals surface area contributed by atoms with Crippen molar-refractivity contribution in [3.63, 3.8) is 0 Å². The number of hydrogen-bond acceptors (Lipinski definition) is 8. The quantitative estimate of drug-likeness (QED) is 0.386. The van der Waals surface area contributed by atoms with Gasteiger partial charge in [-0.3, -0.25) is 14.4 Å². The summed E-state index contributed by atoms with van der Waals surface area (Å²) in [5.74, 6) is 0.0430. The van der Waals surface area contributed by atoms with Gasteiger partial charge in [0.15, 0.2) is 0 Å². The first-order chi connectivity index (χ1) is 15.6. The molecule has 0 aromatic heterocycles. The Hall–Kier alpha value is -2.90. The lowest BCUT2D eigenvalue weighted by Crippen LogP contribution is -2.47. The van der Waals surface area contributed by atoms with E-state index >= 15 is 0 Å². The summed E-state index contributed by atoms with van der Waals surface area (Å²) in [4.78, 5) is 40.3. The van der Waals surface area contributed by atoms with Gasteiger partial charge in [-0.25, -0.2) is 0 Å². The van der Waals surface area contributed by atoms with Crippen molar-refractivity contribution >= 4 is 23.6 Å². The number of oxime groups is 1. The predicted molar refractivity (Wildman–Crippen MR) is 119 cm³/mol. The maximum atomic E-state index is 11.9. The molecule has 4 rings (SSSR count). The Morgan fingerprint density at radius 3 is 2.42 bits per heavy atom. The molecule has 8 nitrogen and oxygen atoms in total. The fourth-order valence-electron chi connectivity index (χ4n) is 6.48. The van der Waals surface area contributed by atoms with Gasteiger partial charge < -0.3 is 19.0 Å². The summed E-state index contributed by atoms with van der Waals surface area (Å²) >= 11 is 0. The minimum Gasteiger partial charge on any atom is -0.459 e. The van der Waals surface area contributed by atoms with Crippen molar-refractivity contribution < 1.29 is 33.4 Å². The molecule has 1 aromatic rings. The molecule has 0 aliphatic heterocycles. The molecular weight excluding hydrogens is 426 g/mol. The van der Waals surface area contributed by atoms with E-state index in [0.29, 0.717) is 18.6 Å². The van der Waals surface area contributed by atoms with Gasteiger partial charge in [0.1, 0.15) is 25.1 Å². The fraction of sp³-hybridized carbons (Fsp3) is 0.600. The van der Waals surface area contributed by atoms with Gasteiger partial charge in [-0.15, -0.1) is 0 Å². The van der Waals surface area contributed by atoms with Crippen LogP contribution < -0.4 is 4.74 Å². The van der Waals surface area contributed by atoms with E-state index in [4.69, 9.17) is 19.0 Å². The van der Waals surface area contributed by atoms with Gasteiger partial charge in [0.05, 0.1) is 5.71 Å². The second kappa shape index (κ2) is 8.80. The number of carbonyl (C=O) groups is 3. The molecule has 0 bridgehead atoms. The molecule has 0 saturated heterocycles. The van der Waals surface area contributed by atoms with Crippen LogP contribution in [0.1, 0.15) is 70.4 Å². The van der Waals surface area contributed by atoms with Crippen LogP contribution in [0.5, 0.6) is 5.75 Å². The topological polar surface area (TPSA) is 100 Å². The Bertz CT molecular complexity index is 1000. The molecule has 178 valence electrons. The van der Waals surface area contributed by atoms with E-state index in [1.165, 1.54) is 27.9 Å². The number of esters is 3. The predicted octanol–water partition coefficient (Wildman–Crippen LogP) is 3.75. The molecule has 6 atom stereocenters. The third-order valence-electron chi connectivity index (χ3n) is 7.59. The summed E-state index contributed by atoms with van der Waals surface area (Å²) in [5, 5.41) is 4.31. The number of ether oxygens (including phenoxy) is 3. The van der Waals surface area contributed by atoms with Crippen LogP contribution in [0.15, 0.2) is 23.4 Å². The second-order valence-corrected chi connectivity index (χ2v) is 9.60. The summed E-state index contributed by atoms with van der Waals surface area (Å²) in [5.41, 5.74) is 2.58. The molecule has 2 fully saturated rings. The molecule has 0 amide bonds. The van der Waals surface area contributed by atoms with Crippen LogP contribution in [0.3, 0.4) is 0 Å². The van der Waals surface area contributed by atoms with Gasteiger partial charge >= 0.3 is 17.9 Å². The molecule has 0 heterocycles. The molecule has 1 aromatic carbocycles. The van der Waals surface area contributed by atoms with Crippen LogP contribution in [-0.2, 0) is 28.7 Å². The molecule has 6 unspecified atom stereocenters. The van der Waals surface area contributed by atoms with E-state index in [2.05, 4.69) is 12.1 Å². The van der Waals surface area contributed by atoms with Gasteiger partial charge in [0, 0.05) is 31.7 Å². The van der Waals surface area contributed by atoms with E-state index in [0.717, 1.165) is 29.7 Å². The highest BCUT2D eigenvalue weighted by atomic mass is 16.6. The number of fused-ring (bicyclic) bond motifs is 5. The van der Waals surface area contributed by atoms with Crippen LogP contribution >= 0.6 is 0 Å². The van der Waals surface area contributed by atoms with E-state index in [-0.39, 0.29) is 41.1 Å². The molecule has 3 aliphatic carbocycles. The maximum Gasteiger partial charge on any atom is 0.308 e. The number of hydrogen-bond donors (Lipinski definition) is 0. The van der Waals surface area contributed by atoms with Crippen molar-refractivity contribution in [2.24, 2.45) is 22.4 Å². The average Bonchev–Trinajstić information content (AvgIpc) is 2.99. The number of benzene rings is 1. The SMILES string of the molecule is CO/N=C1\CC2C(CCC3(C)C2CC(OC(C)=O)C3OC(C)=O)c2ccc(OC(C)=O)cc21. The van der Waals surface area contributed by atoms with Gasteiger partial charge in [-0.05, 0) is 61.1 Å². The Morgan fingerprint density at radius 2 is 1.79 bits per heavy atom. The maximum absolute atomic E-state index is 11.9. The largest absolute Gasteiger partial charge is 0.459 e. The standard InChI is InChI=1S/C25H31NO7/c1-13(27)31-16-6-7-17-18-8-9-25(4)21(19(18)11-22(26-30-5)20(17)10-16)12-23(32-14(2)28)24(25)33-15(3)29/h6-7,10,18-19,21,23-24H,8-9,11-12H2,1-5H3/b26-22+. The smallest absolute Gasteiger partial charge is 0.308 e. The zero-order chi connectivity index (χ0) is 23.9. The van der Waals surface area contributed by atoms with Crippen molar-refractivity contribution in [3.8, 4) is 5.75 Å². The highest BCUT2D eigenvalue weighted by Crippen LogP contribution is 2.62. The summed E-state index contributed by atoms with van der Waals surface area (Å²) < 4.78 is 16.7. The number of nitrogens with zero attached hydrogens (tertiary/aromatic N) is 1. The molecule has 0 spiro atoms. The molecule has 2 saturated carbocycles. The first-order valence-corrected chi connectivity index (χ1v) is 11.4. The third kappa shape index (κ3) is 4.23. The van der Waals surface area contributed by atoms with Crippen molar-refractivity contribution in [2.45, 2.75) is 71.5 Å². The minimum absolute atomic E-state index is 0.174. The summed E-state index contributed by atoms with van der Waals surface area (Å²) in [6.07, 6.45) is 2.13. The Labute approximate surface area is 193 Å². The summed E-state index contributed by atoms with van der Waals surface area (Å²) in [6, 6.07) is 5.69. The molecule has 0 N–H and O–H groups in total. The Balaban J connectivity index is 1.72. The fourth-order valence-corrected chi connectivity index (χ4v) is 6.48. The van der Waals surface area contributed by atoms with Crippen LogP contribution in [-0.4, -0.2) is 42.9 Å². The Morgan fingerprint density at radius 1 is 1.06 bits per heavy atom. The summed E-state index contributed by atoms with van der Waals surface area (Å²) in [6.45, 7) is 6.31. The van der Waals surface area contributed by atoms with Crippen LogP contribution in [0.2, 0.25) is 0 Å². The van der Waals surface area contributed by atoms with E-state index < -0.39 is 12.2 Å². The van der Waals surface area contributed by atoms with E-state index in [9.17, 15) is 14.4 Å². The first-order valence-electron chi connectivity index (χ1n) is 11.4. The lowest BCUT2D eigenvalue weighted by atomic mass is 9.55. The van der Waals surface area contributed by atoms with Crippen molar-refractivity contribution in [1.29, 1.82) is 0 Å². The molecule has 8 heteroatoms. The lowest BCUT2D eigenvalue weighted by Gasteiger charge is -2.50. The monoisotopic (exact) mass is 457 g/mol. The first kappa shape index (κ1) is 23.3. The number of carbonyl (C=O) groups excluding carboxylic acids is 3. The zero-order valence-electron chi connectivity index (χ0n) is 19.8. The van der Waals surface area contributed by atoms with Gasteiger partial charge in [0.2, 0.25) is 0 Å². The molecule has 33 heavy (non-hydrogen) atoms. The average molecular weight is 458 g/mol. The zero-order valence-corrected chi connectivity index (χ0v) is 19.8. The van der Waals surface area contributed by atoms with E-state index in [1.807, 2.05) is 18.2 Å². The van der Waals surface area contributed by atoms with Gasteiger partial charge in [-0.1, -0.05) is 18.1 Å². The Kier molecular flexibility index (Phi) is 6.20. The van der Waals surface area contributed by atoms with Gasteiger partial charge in [0.25, 0.3) is 0 Å². The van der Waals surface area contributed by atoms with Crippen LogP contribution in [0, 0.1) is 17.3 Å². The van der Waals surface area contributed by atoms with Crippen LogP contribution in [0.4, 0.5) is 0 Å². The van der Waals surface area contributed by atoms with Crippen molar-refractivity contribution in [1.82, 2.24) is 0 Å². The van der Waals surface area contributed by atoms with Crippen LogP contribution in [0.25, 0.3) is 0 Å². The third-order valence-corrected chi connectivity index (χ3v) is 7.59. The second-order valence-electron chi connectivity index (χ2n) is 9.60. The number of rotatable bonds is 4. The molecular formula is C25H31NO7. The molecule has 0 radical (unpaired) electrons. The molecule has 3 aliphatic rings. The van der Waals surface area contributed by atoms with Crippen molar-refractivity contribution in [2.75, 3.05) is 7.11 Å². The lowest BCUT2D eigenvalue weighted by molar-refractivity contribution is -0.171. The van der Waals surface area contributed by atoms with Gasteiger partial charge in [-0.2, -0.15) is 0 Å². The summed E-state index contributed by atoms with van der Waals surface area (Å²) in [7, 11) is 1.52. The highest BCUT2D eigenvalue weighted by molar-refractivity contribution is 6.03. The van der Waals surface area contributed by atoms with E-state index in [1.54, 1.807) is 0 Å².